The zero-order valence-electron chi connectivity index (χ0n) is 18.9. The summed E-state index contributed by atoms with van der Waals surface area (Å²) in [6.07, 6.45) is 3.95. The highest BCUT2D eigenvalue weighted by Crippen LogP contribution is 2.55. The van der Waals surface area contributed by atoms with Crippen LogP contribution in [-0.4, -0.2) is 17.3 Å². The summed E-state index contributed by atoms with van der Waals surface area (Å²) in [6.45, 7) is 0. The molecular formula is C27H20F2N4OS. The maximum atomic E-state index is 13.8. The highest BCUT2D eigenvalue weighted by Gasteiger charge is 2.43. The lowest BCUT2D eigenvalue weighted by Crippen LogP contribution is -2.36. The summed E-state index contributed by atoms with van der Waals surface area (Å²) in [6, 6.07) is 14.7. The van der Waals surface area contributed by atoms with E-state index in [0.29, 0.717) is 22.5 Å². The Morgan fingerprint density at radius 3 is 2.40 bits per heavy atom. The van der Waals surface area contributed by atoms with E-state index in [1.807, 2.05) is 12.1 Å². The van der Waals surface area contributed by atoms with E-state index in [1.165, 1.54) is 48.7 Å². The van der Waals surface area contributed by atoms with Gasteiger partial charge in [0.2, 0.25) is 5.88 Å². The van der Waals surface area contributed by atoms with Crippen molar-refractivity contribution < 1.29 is 13.5 Å². The van der Waals surface area contributed by atoms with E-state index in [1.54, 1.807) is 12.1 Å². The quantitative estimate of drug-likeness (QED) is 0.409. The van der Waals surface area contributed by atoms with Crippen molar-refractivity contribution >= 4 is 22.7 Å². The van der Waals surface area contributed by atoms with Crippen LogP contribution in [0.3, 0.4) is 0 Å². The number of fused-ring (bicyclic) bond motifs is 3. The minimum absolute atomic E-state index is 0.182. The number of rotatable bonds is 3. The number of ether oxygens (including phenoxy) is 1. The molecule has 1 atom stereocenters. The van der Waals surface area contributed by atoms with Crippen molar-refractivity contribution in [3.05, 3.63) is 82.6 Å². The third-order valence-corrected chi connectivity index (χ3v) is 7.71. The topological polar surface area (TPSA) is 61.5 Å². The van der Waals surface area contributed by atoms with E-state index >= 15 is 0 Å². The third kappa shape index (κ3) is 3.50. The van der Waals surface area contributed by atoms with Crippen LogP contribution in [0.4, 0.5) is 14.6 Å². The number of nitriles is 1. The molecule has 174 valence electrons. The molecule has 0 spiro atoms. The number of allylic oxidation sites excluding steroid dienone is 1. The van der Waals surface area contributed by atoms with Gasteiger partial charge >= 0.3 is 0 Å². The Hall–Kier alpha value is -3.70. The number of nitrogens with zero attached hydrogens (tertiary/aromatic N) is 4. The molecule has 6 rings (SSSR count). The number of aliphatic imine (C=N–C) groups is 1. The summed E-state index contributed by atoms with van der Waals surface area (Å²) in [5, 5.41) is 10.8. The fourth-order valence-corrected chi connectivity index (χ4v) is 6.27. The Morgan fingerprint density at radius 1 is 1.03 bits per heavy atom. The molecule has 0 amide bonds. The van der Waals surface area contributed by atoms with Crippen LogP contribution in [0, 0.1) is 23.0 Å². The van der Waals surface area contributed by atoms with Crippen molar-refractivity contribution in [2.45, 2.75) is 36.6 Å². The van der Waals surface area contributed by atoms with E-state index in [-0.39, 0.29) is 23.6 Å². The van der Waals surface area contributed by atoms with Crippen molar-refractivity contribution in [2.75, 3.05) is 12.0 Å². The monoisotopic (exact) mass is 486 g/mol. The van der Waals surface area contributed by atoms with E-state index in [9.17, 15) is 14.0 Å². The Labute approximate surface area is 205 Å². The zero-order chi connectivity index (χ0) is 24.1. The summed E-state index contributed by atoms with van der Waals surface area (Å²) < 4.78 is 33.1. The van der Waals surface area contributed by atoms with E-state index in [2.05, 4.69) is 11.0 Å². The van der Waals surface area contributed by atoms with Crippen LogP contribution in [0.15, 0.2) is 69.7 Å². The smallest absolute Gasteiger partial charge is 0.234 e. The predicted molar refractivity (Wildman–Crippen MR) is 131 cm³/mol. The molecule has 3 heterocycles. The molecule has 0 saturated carbocycles. The summed E-state index contributed by atoms with van der Waals surface area (Å²) >= 11 is 1.46. The molecule has 2 aromatic carbocycles. The van der Waals surface area contributed by atoms with E-state index in [0.717, 1.165) is 47.0 Å². The van der Waals surface area contributed by atoms with Crippen LogP contribution in [-0.2, 0) is 0 Å². The van der Waals surface area contributed by atoms with Crippen LogP contribution in [0.1, 0.15) is 42.9 Å². The molecule has 5 nitrogen and oxygen atoms in total. The van der Waals surface area contributed by atoms with Gasteiger partial charge in [0.1, 0.15) is 23.3 Å². The Balaban J connectivity index is 1.60. The van der Waals surface area contributed by atoms with Gasteiger partial charge in [-0.05, 0) is 78.4 Å². The molecule has 0 bridgehead atoms. The van der Waals surface area contributed by atoms with Crippen LogP contribution in [0.25, 0.3) is 11.1 Å². The first-order valence-electron chi connectivity index (χ1n) is 11.4. The highest BCUT2D eigenvalue weighted by molar-refractivity contribution is 8.15. The second-order valence-electron chi connectivity index (χ2n) is 8.64. The van der Waals surface area contributed by atoms with Crippen molar-refractivity contribution in [2.24, 2.45) is 4.99 Å². The molecule has 1 unspecified atom stereocenters. The molecule has 0 N–H and O–H groups in total. The lowest BCUT2D eigenvalue weighted by Gasteiger charge is -2.37. The number of thioether (sulfide) groups is 1. The van der Waals surface area contributed by atoms with Gasteiger partial charge in [0.15, 0.2) is 11.0 Å². The van der Waals surface area contributed by atoms with Crippen molar-refractivity contribution in [1.29, 1.82) is 5.26 Å². The molecule has 0 saturated heterocycles. The Kier molecular flexibility index (Phi) is 5.30. The first-order chi connectivity index (χ1) is 17.1. The first-order valence-corrected chi connectivity index (χ1v) is 12.2. The number of halogens is 2. The Morgan fingerprint density at radius 2 is 1.71 bits per heavy atom. The number of methoxy groups -OCH3 is 1. The summed E-state index contributed by atoms with van der Waals surface area (Å²) in [5.41, 5.74) is 4.88. The second kappa shape index (κ2) is 8.51. The number of hydrogen-bond acceptors (Lipinski definition) is 6. The third-order valence-electron chi connectivity index (χ3n) is 6.65. The van der Waals surface area contributed by atoms with Crippen LogP contribution in [0.5, 0.6) is 5.88 Å². The zero-order valence-corrected chi connectivity index (χ0v) is 19.7. The maximum absolute atomic E-state index is 13.8. The normalized spacial score (nSPS) is 18.4. The minimum Gasteiger partial charge on any atom is -0.480 e. The summed E-state index contributed by atoms with van der Waals surface area (Å²) in [4.78, 5) is 12.6. The van der Waals surface area contributed by atoms with Gasteiger partial charge in [-0.15, -0.1) is 0 Å². The van der Waals surface area contributed by atoms with Gasteiger partial charge in [-0.25, -0.2) is 13.8 Å². The second-order valence-corrected chi connectivity index (χ2v) is 9.62. The van der Waals surface area contributed by atoms with Crippen LogP contribution < -0.4 is 9.64 Å². The average molecular weight is 487 g/mol. The number of pyridine rings is 1. The van der Waals surface area contributed by atoms with Crippen LogP contribution >= 0.6 is 11.8 Å². The maximum Gasteiger partial charge on any atom is 0.234 e. The molecule has 2 aliphatic heterocycles. The number of amidine groups is 1. The molecule has 3 aliphatic rings. The van der Waals surface area contributed by atoms with Gasteiger partial charge in [-0.3, -0.25) is 4.90 Å². The fourth-order valence-electron chi connectivity index (χ4n) is 5.08. The largest absolute Gasteiger partial charge is 0.480 e. The highest BCUT2D eigenvalue weighted by atomic mass is 32.2. The number of benzene rings is 2. The van der Waals surface area contributed by atoms with E-state index in [4.69, 9.17) is 14.7 Å². The first kappa shape index (κ1) is 21.8. The fraction of sp³-hybridized carbons (Fsp3) is 0.222. The van der Waals surface area contributed by atoms with Crippen molar-refractivity contribution in [3.63, 3.8) is 0 Å². The molecular weight excluding hydrogens is 466 g/mol. The van der Waals surface area contributed by atoms with Gasteiger partial charge in [0, 0.05) is 11.3 Å². The minimum atomic E-state index is -0.354. The Bertz CT molecular complexity index is 1440. The standard InChI is InChI=1S/C27H20F2N4OS/c1-34-26-20(14-30)22(15-6-10-17(28)11-7-15)24-25(32-26)33-23(16-8-12-18(29)13-9-16)19-4-2-3-5-21(19)31-27(33)35-24/h6-13,23H,2-5H2,1H3. The summed E-state index contributed by atoms with van der Waals surface area (Å²) in [5.74, 6) is 0.196. The van der Waals surface area contributed by atoms with Gasteiger partial charge < -0.3 is 4.74 Å². The molecule has 1 aromatic heterocycles. The SMILES string of the molecule is COc1nc2c(c(-c3ccc(F)cc3)c1C#N)SC1=NC3=C(CCCC3)C(c3ccc(F)cc3)N12. The van der Waals surface area contributed by atoms with E-state index < -0.39 is 0 Å². The van der Waals surface area contributed by atoms with Gasteiger partial charge in [0.05, 0.1) is 18.0 Å². The van der Waals surface area contributed by atoms with Crippen molar-refractivity contribution in [1.82, 2.24) is 4.98 Å². The molecule has 3 aromatic rings. The van der Waals surface area contributed by atoms with Crippen molar-refractivity contribution in [3.8, 4) is 23.1 Å². The number of aromatic nitrogens is 1. The molecule has 0 radical (unpaired) electrons. The number of hydrogen-bond donors (Lipinski definition) is 0. The van der Waals surface area contributed by atoms with Gasteiger partial charge in [-0.2, -0.15) is 10.2 Å². The molecule has 35 heavy (non-hydrogen) atoms. The lowest BCUT2D eigenvalue weighted by atomic mass is 9.86. The van der Waals surface area contributed by atoms with Gasteiger partial charge in [-0.1, -0.05) is 24.3 Å². The lowest BCUT2D eigenvalue weighted by molar-refractivity contribution is 0.396. The summed E-state index contributed by atoms with van der Waals surface area (Å²) in [7, 11) is 1.48. The van der Waals surface area contributed by atoms with Gasteiger partial charge in [0.25, 0.3) is 0 Å². The average Bonchev–Trinajstić information content (AvgIpc) is 3.24. The predicted octanol–water partition coefficient (Wildman–Crippen LogP) is 6.76. The molecule has 1 aliphatic carbocycles. The molecule has 0 fully saturated rings. The number of anilines is 1. The van der Waals surface area contributed by atoms with Crippen LogP contribution in [0.2, 0.25) is 0 Å². The molecule has 8 heteroatoms.